The van der Waals surface area contributed by atoms with Crippen LogP contribution < -0.4 is 15.4 Å². The summed E-state index contributed by atoms with van der Waals surface area (Å²) in [5, 5.41) is 6.27. The fourth-order valence-corrected chi connectivity index (χ4v) is 2.51. The number of hydrogen-bond acceptors (Lipinski definition) is 4. The van der Waals surface area contributed by atoms with Crippen molar-refractivity contribution in [3.8, 4) is 5.75 Å². The number of halogens is 4. The minimum absolute atomic E-state index is 0. The van der Waals surface area contributed by atoms with E-state index in [-0.39, 0.29) is 35.8 Å². The second-order valence-electron chi connectivity index (χ2n) is 6.11. The fraction of sp³-hybridized carbons (Fsp3) is 0.611. The molecule has 1 heterocycles. The maximum Gasteiger partial charge on any atom is 0.422 e. The molecule has 0 amide bonds. The molecule has 1 unspecified atom stereocenters. The van der Waals surface area contributed by atoms with Crippen molar-refractivity contribution < 1.29 is 27.4 Å². The van der Waals surface area contributed by atoms with Gasteiger partial charge in [0.15, 0.2) is 12.6 Å². The molecule has 1 fully saturated rings. The van der Waals surface area contributed by atoms with Gasteiger partial charge in [0.2, 0.25) is 0 Å². The van der Waals surface area contributed by atoms with Gasteiger partial charge in [-0.2, -0.15) is 13.2 Å². The number of nitrogens with zero attached hydrogens (tertiary/aromatic N) is 1. The van der Waals surface area contributed by atoms with Gasteiger partial charge >= 0.3 is 6.18 Å². The van der Waals surface area contributed by atoms with Crippen molar-refractivity contribution in [2.45, 2.75) is 31.7 Å². The summed E-state index contributed by atoms with van der Waals surface area (Å²) < 4.78 is 52.1. The summed E-state index contributed by atoms with van der Waals surface area (Å²) in [6.45, 7) is 1.77. The maximum absolute atomic E-state index is 12.1. The van der Waals surface area contributed by atoms with Gasteiger partial charge < -0.3 is 24.8 Å². The number of benzene rings is 1. The summed E-state index contributed by atoms with van der Waals surface area (Å²) in [5.41, 5.74) is 0.895. The van der Waals surface area contributed by atoms with Gasteiger partial charge in [0.1, 0.15) is 5.75 Å². The molecule has 1 saturated heterocycles. The zero-order valence-corrected chi connectivity index (χ0v) is 18.1. The van der Waals surface area contributed by atoms with Crippen molar-refractivity contribution in [3.05, 3.63) is 29.8 Å². The van der Waals surface area contributed by atoms with E-state index >= 15 is 0 Å². The van der Waals surface area contributed by atoms with Crippen LogP contribution in [0.5, 0.6) is 5.75 Å². The number of nitrogens with one attached hydrogen (secondary N) is 2. The summed E-state index contributed by atoms with van der Waals surface area (Å²) in [6.07, 6.45) is -1.98. The lowest BCUT2D eigenvalue weighted by Crippen LogP contribution is -2.38. The molecule has 28 heavy (non-hydrogen) atoms. The van der Waals surface area contributed by atoms with Crippen LogP contribution in [0.4, 0.5) is 13.2 Å². The predicted octanol–water partition coefficient (Wildman–Crippen LogP) is 3.11. The highest BCUT2D eigenvalue weighted by molar-refractivity contribution is 14.0. The van der Waals surface area contributed by atoms with E-state index in [2.05, 4.69) is 20.4 Å². The van der Waals surface area contributed by atoms with Gasteiger partial charge in [-0.25, -0.2) is 0 Å². The molecule has 0 aliphatic carbocycles. The molecule has 10 heteroatoms. The monoisotopic (exact) mass is 517 g/mol. The molecule has 1 aromatic carbocycles. The molecule has 0 aromatic heterocycles. The molecule has 0 radical (unpaired) electrons. The number of alkyl halides is 3. The molecule has 160 valence electrons. The first-order valence-corrected chi connectivity index (χ1v) is 8.88. The lowest BCUT2D eigenvalue weighted by molar-refractivity contribution is -0.153. The molecule has 1 aromatic rings. The van der Waals surface area contributed by atoms with Crippen molar-refractivity contribution in [2.75, 3.05) is 40.0 Å². The highest BCUT2D eigenvalue weighted by atomic mass is 127. The van der Waals surface area contributed by atoms with Crippen LogP contribution in [0.15, 0.2) is 29.3 Å². The largest absolute Gasteiger partial charge is 0.484 e. The van der Waals surface area contributed by atoms with Crippen LogP contribution >= 0.6 is 24.0 Å². The number of hydrogen-bond donors (Lipinski definition) is 2. The van der Waals surface area contributed by atoms with Crippen molar-refractivity contribution in [1.29, 1.82) is 0 Å². The molecule has 1 atom stereocenters. The Hall–Kier alpha value is -1.27. The van der Waals surface area contributed by atoms with Crippen molar-refractivity contribution in [2.24, 2.45) is 4.99 Å². The van der Waals surface area contributed by atoms with E-state index in [1.807, 2.05) is 0 Å². The Morgan fingerprint density at radius 3 is 2.61 bits per heavy atom. The first-order chi connectivity index (χ1) is 13.0. The number of ether oxygens (including phenoxy) is 3. The number of aliphatic imine (C=N–C) groups is 1. The topological polar surface area (TPSA) is 64.1 Å². The van der Waals surface area contributed by atoms with Gasteiger partial charge in [0, 0.05) is 26.7 Å². The molecule has 0 spiro atoms. The van der Waals surface area contributed by atoms with Crippen LogP contribution in [-0.4, -0.2) is 58.3 Å². The van der Waals surface area contributed by atoms with Crippen LogP contribution in [0.3, 0.4) is 0 Å². The molecule has 0 bridgehead atoms. The summed E-state index contributed by atoms with van der Waals surface area (Å²) in [4.78, 5) is 4.12. The van der Waals surface area contributed by atoms with Crippen LogP contribution in [0.25, 0.3) is 0 Å². The van der Waals surface area contributed by atoms with Crippen LogP contribution in [0.1, 0.15) is 18.4 Å². The molecule has 2 rings (SSSR count). The van der Waals surface area contributed by atoms with Gasteiger partial charge in [-0.1, -0.05) is 12.1 Å². The van der Waals surface area contributed by atoms with Crippen molar-refractivity contribution >= 4 is 29.9 Å². The van der Waals surface area contributed by atoms with Gasteiger partial charge in [-0.3, -0.25) is 4.99 Å². The number of guanidine groups is 1. The highest BCUT2D eigenvalue weighted by Crippen LogP contribution is 2.18. The summed E-state index contributed by atoms with van der Waals surface area (Å²) in [5.74, 6) is 0.801. The smallest absolute Gasteiger partial charge is 0.422 e. The van der Waals surface area contributed by atoms with Crippen molar-refractivity contribution in [3.63, 3.8) is 0 Å². The van der Waals surface area contributed by atoms with Crippen molar-refractivity contribution in [1.82, 2.24) is 10.6 Å². The van der Waals surface area contributed by atoms with Gasteiger partial charge in [-0.15, -0.1) is 24.0 Å². The zero-order chi connectivity index (χ0) is 19.5. The van der Waals surface area contributed by atoms with Gasteiger partial charge in [0.25, 0.3) is 0 Å². The van der Waals surface area contributed by atoms with E-state index < -0.39 is 12.8 Å². The Morgan fingerprint density at radius 1 is 1.25 bits per heavy atom. The second kappa shape index (κ2) is 13.0. The Bertz CT molecular complexity index is 580. The molecular weight excluding hydrogens is 490 g/mol. The van der Waals surface area contributed by atoms with Crippen LogP contribution in [-0.2, 0) is 16.0 Å². The number of rotatable bonds is 9. The minimum atomic E-state index is -4.34. The third-order valence-corrected chi connectivity index (χ3v) is 3.88. The van der Waals surface area contributed by atoms with E-state index in [1.165, 1.54) is 12.1 Å². The zero-order valence-electron chi connectivity index (χ0n) is 15.8. The van der Waals surface area contributed by atoms with E-state index in [9.17, 15) is 13.2 Å². The van der Waals surface area contributed by atoms with Gasteiger partial charge in [-0.05, 0) is 30.5 Å². The summed E-state index contributed by atoms with van der Waals surface area (Å²) in [6, 6.07) is 6.43. The normalized spacial score (nSPS) is 17.1. The summed E-state index contributed by atoms with van der Waals surface area (Å²) >= 11 is 0. The van der Waals surface area contributed by atoms with E-state index in [1.54, 1.807) is 19.2 Å². The Morgan fingerprint density at radius 2 is 2.00 bits per heavy atom. The van der Waals surface area contributed by atoms with Gasteiger partial charge in [0.05, 0.1) is 19.3 Å². The van der Waals surface area contributed by atoms with E-state index in [4.69, 9.17) is 9.47 Å². The minimum Gasteiger partial charge on any atom is -0.484 e. The average molecular weight is 517 g/mol. The Kier molecular flexibility index (Phi) is 11.5. The van der Waals surface area contributed by atoms with Crippen LogP contribution in [0, 0.1) is 0 Å². The lowest BCUT2D eigenvalue weighted by atomic mass is 10.2. The molecule has 1 aliphatic heterocycles. The first kappa shape index (κ1) is 24.8. The predicted molar refractivity (Wildman–Crippen MR) is 111 cm³/mol. The first-order valence-electron chi connectivity index (χ1n) is 8.88. The second-order valence-corrected chi connectivity index (χ2v) is 6.11. The van der Waals surface area contributed by atoms with E-state index in [0.29, 0.717) is 32.3 Å². The third kappa shape index (κ3) is 10.3. The lowest BCUT2D eigenvalue weighted by Gasteiger charge is -2.14. The van der Waals surface area contributed by atoms with Crippen LogP contribution in [0.2, 0.25) is 0 Å². The average Bonchev–Trinajstić information content (AvgIpc) is 3.16. The SMILES string of the molecule is CN=C(NCCOCC1CCCO1)NCc1ccc(OCC(F)(F)F)cc1.I. The molecule has 2 N–H and O–H groups in total. The maximum atomic E-state index is 12.1. The Labute approximate surface area is 180 Å². The molecule has 1 aliphatic rings. The Balaban J connectivity index is 0.00000392. The molecule has 0 saturated carbocycles. The third-order valence-electron chi connectivity index (χ3n) is 3.88. The molecular formula is C18H27F3IN3O3. The van der Waals surface area contributed by atoms with E-state index in [0.717, 1.165) is 25.0 Å². The highest BCUT2D eigenvalue weighted by Gasteiger charge is 2.28. The standard InChI is InChI=1S/C18H26F3N3O3.HI/c1-22-17(23-8-10-25-12-16-3-2-9-26-16)24-11-14-4-6-15(7-5-14)27-13-18(19,20)21;/h4-7,16H,2-3,8-13H2,1H3,(H2,22,23,24);1H. The molecule has 6 nitrogen and oxygen atoms in total. The quantitative estimate of drug-likeness (QED) is 0.228. The summed E-state index contributed by atoms with van der Waals surface area (Å²) in [7, 11) is 1.66. The fourth-order valence-electron chi connectivity index (χ4n) is 2.51.